The smallest absolute Gasteiger partial charge is 0.313 e. The van der Waals surface area contributed by atoms with Gasteiger partial charge in [-0.05, 0) is 43.2 Å². The molecule has 0 radical (unpaired) electrons. The number of nitrogens with zero attached hydrogens (tertiary/aromatic N) is 5. The predicted molar refractivity (Wildman–Crippen MR) is 114 cm³/mol. The van der Waals surface area contributed by atoms with Gasteiger partial charge in [-0.1, -0.05) is 0 Å². The van der Waals surface area contributed by atoms with Crippen LogP contribution in [0.15, 0.2) is 40.6 Å². The van der Waals surface area contributed by atoms with Crippen LogP contribution in [0.4, 0.5) is 17.1 Å². The van der Waals surface area contributed by atoms with Gasteiger partial charge in [-0.25, -0.2) is 0 Å². The van der Waals surface area contributed by atoms with Crippen LogP contribution in [0.3, 0.4) is 0 Å². The Kier molecular flexibility index (Phi) is 6.88. The van der Waals surface area contributed by atoms with Crippen LogP contribution in [0, 0.1) is 35.3 Å². The zero-order valence-electron chi connectivity index (χ0n) is 17.9. The second-order valence-corrected chi connectivity index (χ2v) is 7.34. The minimum absolute atomic E-state index is 0.0157. The van der Waals surface area contributed by atoms with Crippen molar-refractivity contribution in [1.82, 2.24) is 4.90 Å². The molecule has 168 valence electrons. The van der Waals surface area contributed by atoms with E-state index in [2.05, 4.69) is 10.2 Å². The van der Waals surface area contributed by atoms with E-state index in [4.69, 9.17) is 4.74 Å². The van der Waals surface area contributed by atoms with Crippen molar-refractivity contribution in [3.63, 3.8) is 0 Å². The molecule has 11 nitrogen and oxygen atoms in total. The minimum Gasteiger partial charge on any atom is -0.426 e. The molecule has 0 bridgehead atoms. The van der Waals surface area contributed by atoms with Crippen LogP contribution < -0.4 is 4.74 Å². The third kappa shape index (κ3) is 5.43. The summed E-state index contributed by atoms with van der Waals surface area (Å²) in [6.07, 6.45) is 0.213. The summed E-state index contributed by atoms with van der Waals surface area (Å²) in [6, 6.07) is 8.81. The van der Waals surface area contributed by atoms with E-state index in [9.17, 15) is 29.8 Å². The normalized spacial score (nSPS) is 13.4. The number of aryl methyl sites for hydroxylation is 2. The zero-order valence-corrected chi connectivity index (χ0v) is 17.9. The van der Waals surface area contributed by atoms with Crippen LogP contribution >= 0.6 is 0 Å². The SMILES string of the molecule is Cc1cc(N=Nc2ccc([N+](=O)[O-])cc2C#N)cc(C)c1OC(=O)CCN1C(=O)CCC1=O. The Hall–Kier alpha value is -4.46. The van der Waals surface area contributed by atoms with Gasteiger partial charge in [-0.2, -0.15) is 10.4 Å². The topological polar surface area (TPSA) is 155 Å². The van der Waals surface area contributed by atoms with E-state index in [0.717, 1.165) is 11.0 Å². The number of imide groups is 1. The van der Waals surface area contributed by atoms with E-state index in [-0.39, 0.29) is 54.6 Å². The fraction of sp³-hybridized carbons (Fsp3) is 0.273. The Balaban J connectivity index is 1.70. The van der Waals surface area contributed by atoms with Gasteiger partial charge in [0.05, 0.1) is 22.6 Å². The first-order valence-electron chi connectivity index (χ1n) is 9.95. The Morgan fingerprint density at radius 3 is 2.36 bits per heavy atom. The van der Waals surface area contributed by atoms with E-state index in [1.54, 1.807) is 26.0 Å². The van der Waals surface area contributed by atoms with Crippen LogP contribution in [-0.4, -0.2) is 34.2 Å². The highest BCUT2D eigenvalue weighted by molar-refractivity contribution is 6.02. The van der Waals surface area contributed by atoms with Crippen molar-refractivity contribution >= 4 is 34.8 Å². The number of hydrogen-bond acceptors (Lipinski definition) is 9. The maximum absolute atomic E-state index is 12.2. The number of amides is 2. The molecule has 2 aromatic carbocycles. The van der Waals surface area contributed by atoms with E-state index >= 15 is 0 Å². The summed E-state index contributed by atoms with van der Waals surface area (Å²) in [5, 5.41) is 28.2. The number of carbonyl (C=O) groups is 3. The molecule has 2 aromatic rings. The van der Waals surface area contributed by atoms with Crippen molar-refractivity contribution in [1.29, 1.82) is 5.26 Å². The van der Waals surface area contributed by atoms with Crippen molar-refractivity contribution in [2.45, 2.75) is 33.1 Å². The molecule has 33 heavy (non-hydrogen) atoms. The first-order chi connectivity index (χ1) is 15.7. The third-order valence-electron chi connectivity index (χ3n) is 4.94. The van der Waals surface area contributed by atoms with E-state index in [1.807, 2.05) is 6.07 Å². The second kappa shape index (κ2) is 9.78. The number of rotatable bonds is 7. The molecule has 1 aliphatic heterocycles. The molecule has 0 aliphatic carbocycles. The zero-order chi connectivity index (χ0) is 24.1. The van der Waals surface area contributed by atoms with Gasteiger partial charge in [0.1, 0.15) is 17.5 Å². The van der Waals surface area contributed by atoms with Crippen LogP contribution in [0.25, 0.3) is 0 Å². The number of azo groups is 1. The highest BCUT2D eigenvalue weighted by Crippen LogP contribution is 2.31. The lowest BCUT2D eigenvalue weighted by Gasteiger charge is -2.14. The Bertz CT molecular complexity index is 1190. The first-order valence-corrected chi connectivity index (χ1v) is 9.95. The third-order valence-corrected chi connectivity index (χ3v) is 4.94. The highest BCUT2D eigenvalue weighted by atomic mass is 16.6. The largest absolute Gasteiger partial charge is 0.426 e. The monoisotopic (exact) mass is 449 g/mol. The summed E-state index contributed by atoms with van der Waals surface area (Å²) < 4.78 is 5.43. The maximum atomic E-state index is 12.2. The molecular weight excluding hydrogens is 430 g/mol. The van der Waals surface area contributed by atoms with Crippen molar-refractivity contribution in [3.8, 4) is 11.8 Å². The molecule has 1 aliphatic rings. The Morgan fingerprint density at radius 2 is 1.79 bits per heavy atom. The molecule has 0 N–H and O–H groups in total. The van der Waals surface area contributed by atoms with Crippen LogP contribution in [0.2, 0.25) is 0 Å². The number of nitriles is 1. The van der Waals surface area contributed by atoms with E-state index in [1.165, 1.54) is 12.1 Å². The van der Waals surface area contributed by atoms with Crippen molar-refractivity contribution in [2.24, 2.45) is 10.2 Å². The molecule has 2 amide bonds. The molecule has 11 heteroatoms. The Labute approximate surface area is 188 Å². The number of esters is 1. The van der Waals surface area contributed by atoms with Gasteiger partial charge in [0, 0.05) is 31.5 Å². The number of nitro benzene ring substituents is 1. The molecule has 1 heterocycles. The average Bonchev–Trinajstić information content (AvgIpc) is 3.10. The van der Waals surface area contributed by atoms with Crippen LogP contribution in [0.5, 0.6) is 5.75 Å². The predicted octanol–water partition coefficient (Wildman–Crippen LogP) is 3.94. The maximum Gasteiger partial charge on any atom is 0.313 e. The van der Waals surface area contributed by atoms with Gasteiger partial charge in [0.2, 0.25) is 11.8 Å². The van der Waals surface area contributed by atoms with Crippen LogP contribution in [-0.2, 0) is 14.4 Å². The standard InChI is InChI=1S/C22H19N5O6/c1-13-9-16(24-25-18-4-3-17(27(31)32)11-15(18)12-23)10-14(2)22(13)33-21(30)7-8-26-19(28)5-6-20(26)29/h3-4,9-11H,5-8H2,1-2H3. The lowest BCUT2D eigenvalue weighted by atomic mass is 10.1. The molecule has 0 unspecified atom stereocenters. The van der Waals surface area contributed by atoms with Gasteiger partial charge >= 0.3 is 5.97 Å². The van der Waals surface area contributed by atoms with Gasteiger partial charge in [0.25, 0.3) is 5.69 Å². The van der Waals surface area contributed by atoms with Crippen molar-refractivity contribution in [3.05, 3.63) is 57.1 Å². The van der Waals surface area contributed by atoms with Gasteiger partial charge in [0.15, 0.2) is 0 Å². The number of ether oxygens (including phenoxy) is 1. The summed E-state index contributed by atoms with van der Waals surface area (Å²) in [5.41, 5.74) is 1.62. The van der Waals surface area contributed by atoms with Gasteiger partial charge in [-0.3, -0.25) is 29.4 Å². The van der Waals surface area contributed by atoms with Gasteiger partial charge < -0.3 is 4.74 Å². The summed E-state index contributed by atoms with van der Waals surface area (Å²) in [7, 11) is 0. The molecular formula is C22H19N5O6. The Morgan fingerprint density at radius 1 is 1.15 bits per heavy atom. The first kappa shape index (κ1) is 23.2. The fourth-order valence-corrected chi connectivity index (χ4v) is 3.31. The summed E-state index contributed by atoms with van der Waals surface area (Å²) in [5.74, 6) is -0.816. The lowest BCUT2D eigenvalue weighted by molar-refractivity contribution is -0.384. The molecule has 0 atom stereocenters. The highest BCUT2D eigenvalue weighted by Gasteiger charge is 2.29. The fourth-order valence-electron chi connectivity index (χ4n) is 3.31. The van der Waals surface area contributed by atoms with Gasteiger partial charge in [-0.15, -0.1) is 5.11 Å². The second-order valence-electron chi connectivity index (χ2n) is 7.34. The lowest BCUT2D eigenvalue weighted by Crippen LogP contribution is -2.32. The van der Waals surface area contributed by atoms with Crippen molar-refractivity contribution < 1.29 is 24.0 Å². The number of non-ortho nitro benzene ring substituents is 1. The number of benzene rings is 2. The average molecular weight is 449 g/mol. The molecule has 1 saturated heterocycles. The molecule has 0 aromatic heterocycles. The molecule has 0 spiro atoms. The van der Waals surface area contributed by atoms with Crippen LogP contribution in [0.1, 0.15) is 36.0 Å². The van der Waals surface area contributed by atoms with E-state index < -0.39 is 10.9 Å². The number of carbonyl (C=O) groups excluding carboxylic acids is 3. The summed E-state index contributed by atoms with van der Waals surface area (Å²) in [6.45, 7) is 3.42. The molecule has 0 saturated carbocycles. The quantitative estimate of drug-likeness (QED) is 0.155. The summed E-state index contributed by atoms with van der Waals surface area (Å²) >= 11 is 0. The van der Waals surface area contributed by atoms with Crippen molar-refractivity contribution in [2.75, 3.05) is 6.54 Å². The number of hydrogen-bond donors (Lipinski definition) is 0. The minimum atomic E-state index is -0.602. The number of likely N-dealkylation sites (tertiary alicyclic amines) is 1. The molecule has 3 rings (SSSR count). The van der Waals surface area contributed by atoms with E-state index in [0.29, 0.717) is 22.6 Å². The molecule has 1 fully saturated rings. The number of nitro groups is 1. The summed E-state index contributed by atoms with van der Waals surface area (Å²) in [4.78, 5) is 46.8.